The van der Waals surface area contributed by atoms with Gasteiger partial charge in [-0.15, -0.1) is 0 Å². The molecule has 1 aromatic carbocycles. The van der Waals surface area contributed by atoms with E-state index in [0.717, 1.165) is 18.7 Å². The molecule has 0 radical (unpaired) electrons. The molecule has 0 atom stereocenters. The number of ether oxygens (including phenoxy) is 1. The van der Waals surface area contributed by atoms with Gasteiger partial charge in [0.05, 0.1) is 18.8 Å². The van der Waals surface area contributed by atoms with Gasteiger partial charge in [0.25, 0.3) is 0 Å². The fraction of sp³-hybridized carbons (Fsp3) is 0.533. The molecule has 1 aliphatic heterocycles. The van der Waals surface area contributed by atoms with E-state index in [2.05, 4.69) is 4.90 Å². The molecule has 18 heavy (non-hydrogen) atoms. The third-order valence-electron chi connectivity index (χ3n) is 3.67. The summed E-state index contributed by atoms with van der Waals surface area (Å²) >= 11 is 0. The molecule has 0 bridgehead atoms. The van der Waals surface area contributed by atoms with Gasteiger partial charge in [-0.3, -0.25) is 9.69 Å². The quantitative estimate of drug-likeness (QED) is 0.768. The summed E-state index contributed by atoms with van der Waals surface area (Å²) in [4.78, 5) is 14.8. The van der Waals surface area contributed by atoms with Crippen LogP contribution in [0, 0.1) is 6.92 Å². The zero-order chi connectivity index (χ0) is 13.2. The molecule has 0 unspecified atom stereocenters. The highest BCUT2D eigenvalue weighted by Crippen LogP contribution is 2.22. The van der Waals surface area contributed by atoms with Crippen molar-refractivity contribution in [2.24, 2.45) is 0 Å². The average Bonchev–Trinajstić information content (AvgIpc) is 2.40. The Labute approximate surface area is 109 Å². The van der Waals surface area contributed by atoms with Crippen LogP contribution in [0.5, 0.6) is 0 Å². The molecular formula is C15H21NO2. The summed E-state index contributed by atoms with van der Waals surface area (Å²) in [5.41, 5.74) is 1.51. The van der Waals surface area contributed by atoms with Crippen LogP contribution in [0.4, 0.5) is 0 Å². The number of morpholine rings is 1. The van der Waals surface area contributed by atoms with Crippen LogP contribution in [0.2, 0.25) is 0 Å². The van der Waals surface area contributed by atoms with Crippen LogP contribution >= 0.6 is 0 Å². The van der Waals surface area contributed by atoms with E-state index in [1.54, 1.807) is 0 Å². The topological polar surface area (TPSA) is 29.5 Å². The second-order valence-corrected chi connectivity index (χ2v) is 5.35. The van der Waals surface area contributed by atoms with Crippen molar-refractivity contribution in [2.75, 3.05) is 26.3 Å². The zero-order valence-electron chi connectivity index (χ0n) is 11.4. The first kappa shape index (κ1) is 13.2. The van der Waals surface area contributed by atoms with E-state index in [1.807, 2.05) is 45.0 Å². The third kappa shape index (κ3) is 2.62. The van der Waals surface area contributed by atoms with Crippen molar-refractivity contribution >= 4 is 5.78 Å². The van der Waals surface area contributed by atoms with E-state index in [-0.39, 0.29) is 5.78 Å². The van der Waals surface area contributed by atoms with Crippen LogP contribution in [0.15, 0.2) is 24.3 Å². The fourth-order valence-electron chi connectivity index (χ4n) is 2.32. The smallest absolute Gasteiger partial charge is 0.182 e. The van der Waals surface area contributed by atoms with Crippen molar-refractivity contribution in [2.45, 2.75) is 26.3 Å². The molecule has 98 valence electrons. The molecular weight excluding hydrogens is 226 g/mol. The van der Waals surface area contributed by atoms with Gasteiger partial charge < -0.3 is 4.74 Å². The fourth-order valence-corrected chi connectivity index (χ4v) is 2.32. The minimum atomic E-state index is -0.459. The molecule has 3 heteroatoms. The summed E-state index contributed by atoms with van der Waals surface area (Å²) in [5.74, 6) is 0.185. The molecule has 3 nitrogen and oxygen atoms in total. The molecule has 0 aromatic heterocycles. The molecule has 0 saturated carbocycles. The predicted octanol–water partition coefficient (Wildman–Crippen LogP) is 2.29. The zero-order valence-corrected chi connectivity index (χ0v) is 11.4. The second-order valence-electron chi connectivity index (χ2n) is 5.35. The highest BCUT2D eigenvalue weighted by atomic mass is 16.5. The monoisotopic (exact) mass is 247 g/mol. The Balaban J connectivity index is 2.17. The second kappa shape index (κ2) is 5.21. The van der Waals surface area contributed by atoms with E-state index in [4.69, 9.17) is 4.74 Å². The minimum Gasteiger partial charge on any atom is -0.379 e. The molecule has 0 N–H and O–H groups in total. The van der Waals surface area contributed by atoms with Crippen LogP contribution in [0.25, 0.3) is 0 Å². The maximum atomic E-state index is 12.6. The Morgan fingerprint density at radius 1 is 1.17 bits per heavy atom. The molecule has 0 spiro atoms. The predicted molar refractivity (Wildman–Crippen MR) is 72.0 cm³/mol. The third-order valence-corrected chi connectivity index (χ3v) is 3.67. The van der Waals surface area contributed by atoms with Crippen LogP contribution in [-0.2, 0) is 4.74 Å². The van der Waals surface area contributed by atoms with Gasteiger partial charge in [0.2, 0.25) is 0 Å². The number of rotatable bonds is 3. The lowest BCUT2D eigenvalue weighted by Gasteiger charge is -2.39. The highest BCUT2D eigenvalue weighted by molar-refractivity contribution is 6.02. The van der Waals surface area contributed by atoms with Gasteiger partial charge >= 0.3 is 0 Å². The lowest BCUT2D eigenvalue weighted by molar-refractivity contribution is -0.00429. The number of nitrogens with zero attached hydrogens (tertiary/aromatic N) is 1. The van der Waals surface area contributed by atoms with Gasteiger partial charge in [-0.1, -0.05) is 29.8 Å². The van der Waals surface area contributed by atoms with Crippen molar-refractivity contribution < 1.29 is 9.53 Å². The Morgan fingerprint density at radius 2 is 1.72 bits per heavy atom. The van der Waals surface area contributed by atoms with Gasteiger partial charge in [-0.2, -0.15) is 0 Å². The van der Waals surface area contributed by atoms with Crippen molar-refractivity contribution in [1.82, 2.24) is 4.90 Å². The van der Waals surface area contributed by atoms with Crippen molar-refractivity contribution in [3.05, 3.63) is 35.4 Å². The summed E-state index contributed by atoms with van der Waals surface area (Å²) in [6.45, 7) is 9.10. The van der Waals surface area contributed by atoms with Gasteiger partial charge in [-0.05, 0) is 20.8 Å². The number of carbonyl (C=O) groups excluding carboxylic acids is 1. The Morgan fingerprint density at radius 3 is 2.28 bits per heavy atom. The number of benzene rings is 1. The van der Waals surface area contributed by atoms with Crippen molar-refractivity contribution in [3.63, 3.8) is 0 Å². The standard InChI is InChI=1S/C15H21NO2/c1-12-4-6-13(7-5-12)14(17)15(2,3)16-8-10-18-11-9-16/h4-7H,8-11H2,1-3H3. The number of hydrogen-bond acceptors (Lipinski definition) is 3. The molecule has 1 aromatic rings. The first-order chi connectivity index (χ1) is 8.51. The molecule has 0 amide bonds. The van der Waals surface area contributed by atoms with E-state index in [9.17, 15) is 4.79 Å². The minimum absolute atomic E-state index is 0.185. The summed E-state index contributed by atoms with van der Waals surface area (Å²) in [6, 6.07) is 7.81. The average molecular weight is 247 g/mol. The Hall–Kier alpha value is -1.19. The van der Waals surface area contributed by atoms with E-state index < -0.39 is 5.54 Å². The van der Waals surface area contributed by atoms with E-state index in [1.165, 1.54) is 5.56 Å². The number of carbonyl (C=O) groups is 1. The molecule has 1 aliphatic rings. The highest BCUT2D eigenvalue weighted by Gasteiger charge is 2.35. The number of ketones is 1. The van der Waals surface area contributed by atoms with Gasteiger partial charge in [0.15, 0.2) is 5.78 Å². The van der Waals surface area contributed by atoms with Gasteiger partial charge in [0, 0.05) is 18.7 Å². The largest absolute Gasteiger partial charge is 0.379 e. The van der Waals surface area contributed by atoms with Gasteiger partial charge in [-0.25, -0.2) is 0 Å². The number of hydrogen-bond donors (Lipinski definition) is 0. The van der Waals surface area contributed by atoms with Crippen LogP contribution < -0.4 is 0 Å². The SMILES string of the molecule is Cc1ccc(C(=O)C(C)(C)N2CCOCC2)cc1. The van der Waals surface area contributed by atoms with E-state index in [0.29, 0.717) is 13.2 Å². The molecule has 0 aliphatic carbocycles. The first-order valence-electron chi connectivity index (χ1n) is 6.46. The molecule has 2 rings (SSSR count). The van der Waals surface area contributed by atoms with E-state index >= 15 is 0 Å². The summed E-state index contributed by atoms with van der Waals surface area (Å²) in [5, 5.41) is 0. The van der Waals surface area contributed by atoms with Crippen LogP contribution in [0.1, 0.15) is 29.8 Å². The summed E-state index contributed by atoms with van der Waals surface area (Å²) < 4.78 is 5.34. The normalized spacial score (nSPS) is 17.7. The van der Waals surface area contributed by atoms with Crippen LogP contribution in [-0.4, -0.2) is 42.5 Å². The summed E-state index contributed by atoms with van der Waals surface area (Å²) in [6.07, 6.45) is 0. The Kier molecular flexibility index (Phi) is 3.83. The van der Waals surface area contributed by atoms with Crippen molar-refractivity contribution in [3.8, 4) is 0 Å². The lowest BCUT2D eigenvalue weighted by atomic mass is 9.90. The maximum Gasteiger partial charge on any atom is 0.182 e. The lowest BCUT2D eigenvalue weighted by Crippen LogP contribution is -2.54. The molecule has 1 fully saturated rings. The van der Waals surface area contributed by atoms with Gasteiger partial charge in [0.1, 0.15) is 0 Å². The van der Waals surface area contributed by atoms with Crippen molar-refractivity contribution in [1.29, 1.82) is 0 Å². The molecule has 1 saturated heterocycles. The first-order valence-corrected chi connectivity index (χ1v) is 6.46. The maximum absolute atomic E-state index is 12.6. The number of Topliss-reactive ketones (excluding diaryl/α,β-unsaturated/α-hetero) is 1. The number of aryl methyl sites for hydroxylation is 1. The molecule has 1 heterocycles. The Bertz CT molecular complexity index is 417. The van der Waals surface area contributed by atoms with Crippen LogP contribution in [0.3, 0.4) is 0 Å². The summed E-state index contributed by atoms with van der Waals surface area (Å²) in [7, 11) is 0.